The molecule has 5 heterocycles. The van der Waals surface area contributed by atoms with Crippen LogP contribution in [-0.4, -0.2) is 65.4 Å². The highest BCUT2D eigenvalue weighted by atomic mass is 35.5. The lowest BCUT2D eigenvalue weighted by molar-refractivity contribution is 0.163. The Labute approximate surface area is 242 Å². The molecule has 1 atom stereocenters. The van der Waals surface area contributed by atoms with Crippen LogP contribution in [0.2, 0.25) is 0 Å². The molecule has 1 N–H and O–H groups in total. The molecule has 9 nitrogen and oxygen atoms in total. The van der Waals surface area contributed by atoms with Gasteiger partial charge in [-0.1, -0.05) is 6.07 Å². The highest BCUT2D eigenvalue weighted by molar-refractivity contribution is 7.25. The van der Waals surface area contributed by atoms with E-state index in [1.54, 1.807) is 13.3 Å². The van der Waals surface area contributed by atoms with Gasteiger partial charge in [-0.2, -0.15) is 0 Å². The van der Waals surface area contributed by atoms with Crippen LogP contribution in [0, 0.1) is 0 Å². The van der Waals surface area contributed by atoms with Crippen LogP contribution in [0.1, 0.15) is 12.8 Å². The van der Waals surface area contributed by atoms with Gasteiger partial charge in [0.05, 0.1) is 23.4 Å². The fourth-order valence-electron chi connectivity index (χ4n) is 5.21. The number of rotatable bonds is 6. The van der Waals surface area contributed by atoms with Crippen molar-refractivity contribution in [3.8, 4) is 11.5 Å². The number of methoxy groups -OCH3 is 1. The Hall–Kier alpha value is -2.50. The Morgan fingerprint density at radius 3 is 2.74 bits per heavy atom. The molecule has 13 heteroatoms. The van der Waals surface area contributed by atoms with Crippen molar-refractivity contribution in [1.82, 2.24) is 19.4 Å². The molecule has 4 aromatic rings. The number of anilines is 1. The van der Waals surface area contributed by atoms with Crippen LogP contribution in [0.5, 0.6) is 11.5 Å². The monoisotopic (exact) mass is 601 g/mol. The number of benzene rings is 1. The van der Waals surface area contributed by atoms with Gasteiger partial charge in [0.15, 0.2) is 0 Å². The van der Waals surface area contributed by atoms with Crippen molar-refractivity contribution in [2.75, 3.05) is 44.8 Å². The number of fused-ring (bicyclic) bond motifs is 6. The number of para-hydroxylation sites is 1. The highest BCUT2D eigenvalue weighted by Gasteiger charge is 2.34. The number of unbranched alkanes of at least 4 members (excludes halogenated alkanes) is 1. The van der Waals surface area contributed by atoms with E-state index in [4.69, 9.17) is 9.47 Å². The molecule has 0 bridgehead atoms. The van der Waals surface area contributed by atoms with E-state index in [-0.39, 0.29) is 54.5 Å². The first kappa shape index (κ1) is 30.0. The third-order valence-corrected chi connectivity index (χ3v) is 8.07. The Kier molecular flexibility index (Phi) is 9.94. The van der Waals surface area contributed by atoms with Gasteiger partial charge in [-0.3, -0.25) is 19.2 Å². The lowest BCUT2D eigenvalue weighted by Gasteiger charge is -2.46. The summed E-state index contributed by atoms with van der Waals surface area (Å²) < 4.78 is 14.4. The predicted molar refractivity (Wildman–Crippen MR) is 159 cm³/mol. The largest absolute Gasteiger partial charge is 0.494 e. The number of hydrogen-bond donors (Lipinski definition) is 1. The lowest BCUT2D eigenvalue weighted by atomic mass is 10.1. The molecule has 3 aromatic heterocycles. The van der Waals surface area contributed by atoms with Crippen molar-refractivity contribution in [1.29, 1.82) is 0 Å². The second-order valence-corrected chi connectivity index (χ2v) is 10.1. The summed E-state index contributed by atoms with van der Waals surface area (Å²) in [6.45, 7) is 4.77. The number of thiophene rings is 1. The van der Waals surface area contributed by atoms with Crippen molar-refractivity contribution in [3.63, 3.8) is 0 Å². The van der Waals surface area contributed by atoms with Crippen LogP contribution in [0.25, 0.3) is 20.4 Å². The average molecular weight is 603 g/mol. The molecule has 1 unspecified atom stereocenters. The molecular formula is C25H30Cl3N5O4S. The maximum absolute atomic E-state index is 13.0. The zero-order valence-corrected chi connectivity index (χ0v) is 24.0. The number of aromatic amines is 1. The molecule has 206 valence electrons. The normalized spacial score (nSPS) is 16.4. The van der Waals surface area contributed by atoms with Gasteiger partial charge >= 0.3 is 5.69 Å². The SMILES string of the molecule is COc1cccc2c1N1CCN(CCCCn3c(=O)[nH]c4c(sc5cccnc54)c3=O)CC1CO2.Cl.Cl.Cl. The summed E-state index contributed by atoms with van der Waals surface area (Å²) in [5.41, 5.74) is 1.68. The quantitative estimate of drug-likeness (QED) is 0.334. The number of pyridine rings is 1. The zero-order valence-electron chi connectivity index (χ0n) is 20.8. The molecule has 0 amide bonds. The van der Waals surface area contributed by atoms with Gasteiger partial charge < -0.3 is 19.4 Å². The fraction of sp³-hybridized carbons (Fsp3) is 0.400. The van der Waals surface area contributed by atoms with Crippen molar-refractivity contribution >= 4 is 74.7 Å². The van der Waals surface area contributed by atoms with Gasteiger partial charge in [-0.05, 0) is 43.7 Å². The number of ether oxygens (including phenoxy) is 2. The molecule has 1 aromatic carbocycles. The van der Waals surface area contributed by atoms with Gasteiger partial charge in [-0.15, -0.1) is 48.6 Å². The first-order valence-electron chi connectivity index (χ1n) is 11.9. The molecule has 1 saturated heterocycles. The van der Waals surface area contributed by atoms with Crippen LogP contribution < -0.4 is 25.6 Å². The fourth-order valence-corrected chi connectivity index (χ4v) is 6.27. The van der Waals surface area contributed by atoms with Crippen molar-refractivity contribution in [2.45, 2.75) is 25.4 Å². The van der Waals surface area contributed by atoms with Gasteiger partial charge in [0.25, 0.3) is 5.56 Å². The van der Waals surface area contributed by atoms with Crippen LogP contribution >= 0.6 is 48.6 Å². The minimum atomic E-state index is -0.367. The summed E-state index contributed by atoms with van der Waals surface area (Å²) in [5.74, 6) is 1.74. The maximum Gasteiger partial charge on any atom is 0.328 e. The van der Waals surface area contributed by atoms with Crippen molar-refractivity contribution in [3.05, 3.63) is 57.4 Å². The van der Waals surface area contributed by atoms with Crippen LogP contribution in [0.15, 0.2) is 46.1 Å². The van der Waals surface area contributed by atoms with E-state index in [2.05, 4.69) is 19.8 Å². The highest BCUT2D eigenvalue weighted by Crippen LogP contribution is 2.42. The summed E-state index contributed by atoms with van der Waals surface area (Å²) in [6, 6.07) is 9.97. The summed E-state index contributed by atoms with van der Waals surface area (Å²) in [4.78, 5) is 37.7. The minimum Gasteiger partial charge on any atom is -0.494 e. The predicted octanol–water partition coefficient (Wildman–Crippen LogP) is 3.94. The molecule has 0 aliphatic carbocycles. The van der Waals surface area contributed by atoms with E-state index in [0.717, 1.165) is 60.9 Å². The summed E-state index contributed by atoms with van der Waals surface area (Å²) >= 11 is 1.38. The van der Waals surface area contributed by atoms with E-state index in [9.17, 15) is 9.59 Å². The molecule has 2 aliphatic rings. The molecule has 0 saturated carbocycles. The topological polar surface area (TPSA) is 92.7 Å². The van der Waals surface area contributed by atoms with E-state index in [0.29, 0.717) is 28.9 Å². The number of aromatic nitrogens is 3. The zero-order chi connectivity index (χ0) is 23.9. The first-order chi connectivity index (χ1) is 17.1. The number of piperazine rings is 1. The van der Waals surface area contributed by atoms with E-state index in [1.165, 1.54) is 15.9 Å². The van der Waals surface area contributed by atoms with Crippen LogP contribution in [0.4, 0.5) is 5.69 Å². The molecule has 0 spiro atoms. The standard InChI is InChI=1S/C25H27N5O4S.3ClH/c1-33-17-6-4-7-18-22(17)29-13-12-28(14-16(29)15-34-18)10-2-3-11-30-24(31)23-21(27-25(30)32)20-19(35-23)8-5-9-26-20;;;/h4-9,16H,2-3,10-15H2,1H3,(H,27,32);3*1H. The first-order valence-corrected chi connectivity index (χ1v) is 12.7. The number of nitrogens with one attached hydrogen (secondary N) is 1. The number of H-pyrrole nitrogens is 1. The lowest BCUT2D eigenvalue weighted by Crippen LogP contribution is -2.57. The number of hydrogen-bond acceptors (Lipinski definition) is 8. The second kappa shape index (κ2) is 12.6. The summed E-state index contributed by atoms with van der Waals surface area (Å²) in [7, 11) is 1.70. The molecular weight excluding hydrogens is 573 g/mol. The molecule has 1 fully saturated rings. The third-order valence-electron chi connectivity index (χ3n) is 6.94. The molecule has 6 rings (SSSR count). The Morgan fingerprint density at radius 1 is 1.11 bits per heavy atom. The molecule has 2 aliphatic heterocycles. The van der Waals surface area contributed by atoms with Crippen LogP contribution in [-0.2, 0) is 6.54 Å². The van der Waals surface area contributed by atoms with E-state index >= 15 is 0 Å². The smallest absolute Gasteiger partial charge is 0.328 e. The van der Waals surface area contributed by atoms with Crippen molar-refractivity contribution < 1.29 is 9.47 Å². The van der Waals surface area contributed by atoms with Gasteiger partial charge in [0, 0.05) is 32.4 Å². The van der Waals surface area contributed by atoms with E-state index in [1.807, 2.05) is 30.3 Å². The Bertz CT molecular complexity index is 1510. The Balaban J connectivity index is 0.00000133. The number of halogens is 3. The van der Waals surface area contributed by atoms with E-state index < -0.39 is 0 Å². The Morgan fingerprint density at radius 2 is 1.92 bits per heavy atom. The van der Waals surface area contributed by atoms with Gasteiger partial charge in [0.2, 0.25) is 0 Å². The maximum atomic E-state index is 13.0. The third kappa shape index (κ3) is 5.33. The van der Waals surface area contributed by atoms with Gasteiger partial charge in [0.1, 0.15) is 34.0 Å². The second-order valence-electron chi connectivity index (χ2n) is 9.02. The van der Waals surface area contributed by atoms with Crippen LogP contribution in [0.3, 0.4) is 0 Å². The number of nitrogens with zero attached hydrogens (tertiary/aromatic N) is 4. The average Bonchev–Trinajstić information content (AvgIpc) is 3.26. The minimum absolute atomic E-state index is 0. The summed E-state index contributed by atoms with van der Waals surface area (Å²) in [5, 5.41) is 0. The van der Waals surface area contributed by atoms with Gasteiger partial charge in [-0.25, -0.2) is 4.79 Å². The summed E-state index contributed by atoms with van der Waals surface area (Å²) in [6.07, 6.45) is 3.34. The van der Waals surface area contributed by atoms with Crippen molar-refractivity contribution in [2.24, 2.45) is 0 Å². The molecule has 0 radical (unpaired) electrons. The molecule has 38 heavy (non-hydrogen) atoms.